The third kappa shape index (κ3) is 4.08. The molecule has 0 atom stereocenters. The Hall–Kier alpha value is -2.30. The van der Waals surface area contributed by atoms with E-state index in [-0.39, 0.29) is 21.2 Å². The van der Waals surface area contributed by atoms with Gasteiger partial charge in [-0.3, -0.25) is 4.72 Å². The van der Waals surface area contributed by atoms with Gasteiger partial charge in [-0.05, 0) is 49.2 Å². The predicted octanol–water partition coefficient (Wildman–Crippen LogP) is 2.29. The molecule has 2 aromatic carbocycles. The van der Waals surface area contributed by atoms with Crippen LogP contribution in [0.25, 0.3) is 0 Å². The van der Waals surface area contributed by atoms with Gasteiger partial charge in [-0.2, -0.15) is 4.31 Å². The van der Waals surface area contributed by atoms with Gasteiger partial charge in [-0.25, -0.2) is 16.8 Å². The minimum atomic E-state index is -3.97. The van der Waals surface area contributed by atoms with Crippen LogP contribution in [0.3, 0.4) is 0 Å². The molecule has 152 valence electrons. The molecule has 10 heteroatoms. The number of hydrogen-bond donors (Lipinski definition) is 1. The van der Waals surface area contributed by atoms with Gasteiger partial charge in [0.1, 0.15) is 16.4 Å². The Morgan fingerprint density at radius 2 is 1.54 bits per heavy atom. The van der Waals surface area contributed by atoms with Crippen LogP contribution in [-0.2, 0) is 20.0 Å². The van der Waals surface area contributed by atoms with Gasteiger partial charge in [0.25, 0.3) is 10.0 Å². The molecular weight excluding hydrogens is 404 g/mol. The van der Waals surface area contributed by atoms with Crippen molar-refractivity contribution in [1.29, 1.82) is 0 Å². The zero-order valence-electron chi connectivity index (χ0n) is 15.6. The van der Waals surface area contributed by atoms with Crippen LogP contribution in [0, 0.1) is 0 Å². The van der Waals surface area contributed by atoms with E-state index < -0.39 is 20.0 Å². The van der Waals surface area contributed by atoms with Crippen LogP contribution >= 0.6 is 0 Å². The molecule has 1 heterocycles. The Bertz CT molecular complexity index is 1040. The molecule has 3 rings (SSSR count). The summed E-state index contributed by atoms with van der Waals surface area (Å²) in [5, 5.41) is 0. The average molecular weight is 427 g/mol. The average Bonchev–Trinajstić information content (AvgIpc) is 3.23. The summed E-state index contributed by atoms with van der Waals surface area (Å²) in [5.74, 6) is 0.537. The van der Waals surface area contributed by atoms with Gasteiger partial charge in [0.2, 0.25) is 10.0 Å². The van der Waals surface area contributed by atoms with Crippen molar-refractivity contribution in [3.8, 4) is 11.5 Å². The lowest BCUT2D eigenvalue weighted by Gasteiger charge is -2.16. The van der Waals surface area contributed by atoms with Crippen LogP contribution in [0.15, 0.2) is 52.3 Å². The van der Waals surface area contributed by atoms with Gasteiger partial charge in [-0.1, -0.05) is 0 Å². The van der Waals surface area contributed by atoms with Gasteiger partial charge < -0.3 is 9.47 Å². The lowest BCUT2D eigenvalue weighted by Crippen LogP contribution is -2.27. The molecule has 1 fully saturated rings. The summed E-state index contributed by atoms with van der Waals surface area (Å²) in [4.78, 5) is 0.0550. The van der Waals surface area contributed by atoms with Crippen LogP contribution in [0.4, 0.5) is 5.69 Å². The topological polar surface area (TPSA) is 102 Å². The third-order valence-electron chi connectivity index (χ3n) is 4.47. The molecule has 1 aliphatic heterocycles. The standard InChI is InChI=1S/C18H22N2O6S2/c1-25-15-7-10-17(26-2)18(13-15)27(21,22)19-14-5-8-16(9-6-14)28(23,24)20-11-3-4-12-20/h5-10,13,19H,3-4,11-12H2,1-2H3. The number of hydrogen-bond acceptors (Lipinski definition) is 6. The van der Waals surface area contributed by atoms with Crippen molar-refractivity contribution in [1.82, 2.24) is 4.31 Å². The minimum absolute atomic E-state index is 0.0804. The van der Waals surface area contributed by atoms with E-state index in [1.54, 1.807) is 6.07 Å². The number of ether oxygens (including phenoxy) is 2. The Morgan fingerprint density at radius 1 is 0.893 bits per heavy atom. The molecule has 0 bridgehead atoms. The Labute approximate surface area is 165 Å². The number of rotatable bonds is 7. The predicted molar refractivity (Wildman–Crippen MR) is 105 cm³/mol. The lowest BCUT2D eigenvalue weighted by atomic mass is 10.3. The fourth-order valence-corrected chi connectivity index (χ4v) is 5.74. The lowest BCUT2D eigenvalue weighted by molar-refractivity contribution is 0.392. The van der Waals surface area contributed by atoms with E-state index in [0.717, 1.165) is 12.8 Å². The summed E-state index contributed by atoms with van der Waals surface area (Å²) in [6.07, 6.45) is 1.69. The fourth-order valence-electron chi connectivity index (χ4n) is 2.98. The largest absolute Gasteiger partial charge is 0.497 e. The van der Waals surface area contributed by atoms with Gasteiger partial charge in [0.15, 0.2) is 0 Å². The zero-order chi connectivity index (χ0) is 20.4. The number of nitrogens with zero attached hydrogens (tertiary/aromatic N) is 1. The van der Waals surface area contributed by atoms with E-state index in [1.165, 1.54) is 54.9 Å². The fraction of sp³-hybridized carbons (Fsp3) is 0.333. The smallest absolute Gasteiger partial charge is 0.265 e. The molecule has 28 heavy (non-hydrogen) atoms. The summed E-state index contributed by atoms with van der Waals surface area (Å²) >= 11 is 0. The first-order chi connectivity index (χ1) is 13.3. The van der Waals surface area contributed by atoms with Crippen LogP contribution < -0.4 is 14.2 Å². The van der Waals surface area contributed by atoms with Crippen molar-refractivity contribution in [3.05, 3.63) is 42.5 Å². The molecule has 0 radical (unpaired) electrons. The normalized spacial score (nSPS) is 15.4. The molecule has 1 aliphatic rings. The number of nitrogens with one attached hydrogen (secondary N) is 1. The third-order valence-corrected chi connectivity index (χ3v) is 7.79. The SMILES string of the molecule is COc1ccc(OC)c(S(=O)(=O)Nc2ccc(S(=O)(=O)N3CCCC3)cc2)c1. The number of sulfonamides is 2. The summed E-state index contributed by atoms with van der Waals surface area (Å²) in [6.45, 7) is 1.01. The molecule has 0 spiro atoms. The van der Waals surface area contributed by atoms with Crippen LogP contribution in [0.2, 0.25) is 0 Å². The number of methoxy groups -OCH3 is 2. The second-order valence-electron chi connectivity index (χ2n) is 6.26. The van der Waals surface area contributed by atoms with Crippen LogP contribution in [0.1, 0.15) is 12.8 Å². The van der Waals surface area contributed by atoms with Gasteiger partial charge in [0, 0.05) is 24.8 Å². The van der Waals surface area contributed by atoms with Crippen LogP contribution in [-0.4, -0.2) is 48.4 Å². The molecular formula is C18H22N2O6S2. The monoisotopic (exact) mass is 426 g/mol. The Kier molecular flexibility index (Phi) is 5.82. The van der Waals surface area contributed by atoms with E-state index in [1.807, 2.05) is 0 Å². The van der Waals surface area contributed by atoms with Gasteiger partial charge in [-0.15, -0.1) is 0 Å². The summed E-state index contributed by atoms with van der Waals surface area (Å²) < 4.78 is 64.7. The van der Waals surface area contributed by atoms with Crippen molar-refractivity contribution >= 4 is 25.7 Å². The molecule has 8 nitrogen and oxygen atoms in total. The van der Waals surface area contributed by atoms with Crippen molar-refractivity contribution in [2.75, 3.05) is 32.0 Å². The van der Waals surface area contributed by atoms with Crippen molar-refractivity contribution in [3.63, 3.8) is 0 Å². The van der Waals surface area contributed by atoms with Crippen molar-refractivity contribution < 1.29 is 26.3 Å². The van der Waals surface area contributed by atoms with Gasteiger partial charge in [0.05, 0.1) is 19.1 Å². The maximum Gasteiger partial charge on any atom is 0.265 e. The molecule has 0 amide bonds. The van der Waals surface area contributed by atoms with E-state index >= 15 is 0 Å². The zero-order valence-corrected chi connectivity index (χ0v) is 17.2. The van der Waals surface area contributed by atoms with E-state index in [2.05, 4.69) is 4.72 Å². The van der Waals surface area contributed by atoms with Crippen LogP contribution in [0.5, 0.6) is 11.5 Å². The molecule has 1 N–H and O–H groups in total. The Balaban J connectivity index is 1.86. The maximum atomic E-state index is 12.8. The molecule has 0 saturated carbocycles. The van der Waals surface area contributed by atoms with Crippen molar-refractivity contribution in [2.45, 2.75) is 22.6 Å². The quantitative estimate of drug-likeness (QED) is 0.729. The molecule has 1 saturated heterocycles. The molecule has 0 aliphatic carbocycles. The van der Waals surface area contributed by atoms with E-state index in [4.69, 9.17) is 9.47 Å². The Morgan fingerprint density at radius 3 is 2.11 bits per heavy atom. The van der Waals surface area contributed by atoms with E-state index in [0.29, 0.717) is 18.8 Å². The summed E-state index contributed by atoms with van der Waals surface area (Å²) in [6, 6.07) is 10.1. The molecule has 0 unspecified atom stereocenters. The minimum Gasteiger partial charge on any atom is -0.497 e. The van der Waals surface area contributed by atoms with Crippen molar-refractivity contribution in [2.24, 2.45) is 0 Å². The number of anilines is 1. The highest BCUT2D eigenvalue weighted by molar-refractivity contribution is 7.92. The van der Waals surface area contributed by atoms with E-state index in [9.17, 15) is 16.8 Å². The van der Waals surface area contributed by atoms with Gasteiger partial charge >= 0.3 is 0 Å². The first-order valence-electron chi connectivity index (χ1n) is 8.63. The first kappa shape index (κ1) is 20.4. The molecule has 0 aromatic heterocycles. The first-order valence-corrected chi connectivity index (χ1v) is 11.6. The highest BCUT2D eigenvalue weighted by Crippen LogP contribution is 2.30. The maximum absolute atomic E-state index is 12.8. The highest BCUT2D eigenvalue weighted by atomic mass is 32.2. The molecule has 2 aromatic rings. The second-order valence-corrected chi connectivity index (χ2v) is 9.85. The highest BCUT2D eigenvalue weighted by Gasteiger charge is 2.27. The summed E-state index contributed by atoms with van der Waals surface area (Å²) in [7, 11) is -4.71. The second kappa shape index (κ2) is 7.98. The summed E-state index contributed by atoms with van der Waals surface area (Å²) in [5.41, 5.74) is 0.241. The number of benzene rings is 2.